The van der Waals surface area contributed by atoms with Gasteiger partial charge in [-0.1, -0.05) is 6.07 Å². The minimum absolute atomic E-state index is 0.0132. The third-order valence-corrected chi connectivity index (χ3v) is 5.58. The molecule has 148 valence electrons. The molecule has 0 spiro atoms. The Morgan fingerprint density at radius 1 is 1.14 bits per heavy atom. The molecule has 2 aromatic rings. The van der Waals surface area contributed by atoms with Crippen LogP contribution in [0.5, 0.6) is 0 Å². The van der Waals surface area contributed by atoms with E-state index >= 15 is 0 Å². The van der Waals surface area contributed by atoms with Crippen LogP contribution in [0.4, 0.5) is 18.9 Å². The molecule has 2 aliphatic heterocycles. The predicted octanol–water partition coefficient (Wildman–Crippen LogP) is 3.46. The molecule has 4 rings (SSSR count). The summed E-state index contributed by atoms with van der Waals surface area (Å²) >= 11 is 0. The van der Waals surface area contributed by atoms with Crippen molar-refractivity contribution in [2.75, 3.05) is 18.0 Å². The van der Waals surface area contributed by atoms with Crippen LogP contribution >= 0.6 is 0 Å². The maximum atomic E-state index is 13.0. The number of rotatable bonds is 2. The Labute approximate surface area is 160 Å². The lowest BCUT2D eigenvalue weighted by atomic mass is 10.0. The molecule has 1 saturated heterocycles. The highest BCUT2D eigenvalue weighted by Crippen LogP contribution is 2.35. The summed E-state index contributed by atoms with van der Waals surface area (Å²) in [6.45, 7) is 3.29. The van der Waals surface area contributed by atoms with E-state index in [0.717, 1.165) is 17.8 Å². The van der Waals surface area contributed by atoms with Gasteiger partial charge in [-0.3, -0.25) is 9.59 Å². The maximum absolute atomic E-state index is 13.0. The van der Waals surface area contributed by atoms with Gasteiger partial charge in [0.25, 0.3) is 0 Å². The number of halogens is 3. The van der Waals surface area contributed by atoms with Crippen LogP contribution < -0.4 is 4.90 Å². The van der Waals surface area contributed by atoms with Crippen LogP contribution in [0.15, 0.2) is 42.6 Å². The molecule has 0 bridgehead atoms. The monoisotopic (exact) mass is 391 g/mol. The zero-order valence-corrected chi connectivity index (χ0v) is 15.3. The summed E-state index contributed by atoms with van der Waals surface area (Å²) in [6.07, 6.45) is -2.49. The lowest BCUT2D eigenvalue weighted by Gasteiger charge is -2.36. The smallest absolute Gasteiger partial charge is 0.348 e. The molecular weight excluding hydrogens is 371 g/mol. The molecule has 5 nitrogen and oxygen atoms in total. The first-order valence-electron chi connectivity index (χ1n) is 9.19. The van der Waals surface area contributed by atoms with Crippen LogP contribution in [0.25, 0.3) is 0 Å². The molecule has 1 aromatic heterocycles. The largest absolute Gasteiger partial charge is 0.416 e. The van der Waals surface area contributed by atoms with Crippen molar-refractivity contribution in [2.45, 2.75) is 32.1 Å². The summed E-state index contributed by atoms with van der Waals surface area (Å²) in [5.41, 5.74) is 0.410. The van der Waals surface area contributed by atoms with Gasteiger partial charge in [0.15, 0.2) is 0 Å². The van der Waals surface area contributed by atoms with Gasteiger partial charge in [0, 0.05) is 43.6 Å². The zero-order chi connectivity index (χ0) is 20.1. The van der Waals surface area contributed by atoms with Gasteiger partial charge in [-0.25, -0.2) is 0 Å². The SMILES string of the molecule is CC1c2cccn2CCN1C(=O)C1CC(=O)N(c2cccc(C(F)(F)F)c2)C1. The van der Waals surface area contributed by atoms with Gasteiger partial charge in [-0.15, -0.1) is 0 Å². The van der Waals surface area contributed by atoms with E-state index in [0.29, 0.717) is 13.1 Å². The van der Waals surface area contributed by atoms with Crippen LogP contribution in [0, 0.1) is 5.92 Å². The van der Waals surface area contributed by atoms with Gasteiger partial charge >= 0.3 is 6.18 Å². The highest BCUT2D eigenvalue weighted by Gasteiger charge is 2.40. The summed E-state index contributed by atoms with van der Waals surface area (Å²) in [4.78, 5) is 28.5. The van der Waals surface area contributed by atoms with Gasteiger partial charge in [0.1, 0.15) is 0 Å². The molecule has 0 radical (unpaired) electrons. The highest BCUT2D eigenvalue weighted by molar-refractivity contribution is 6.00. The van der Waals surface area contributed by atoms with Gasteiger partial charge in [0.2, 0.25) is 11.8 Å². The number of aromatic nitrogens is 1. The van der Waals surface area contributed by atoms with Gasteiger partial charge < -0.3 is 14.4 Å². The number of fused-ring (bicyclic) bond motifs is 1. The van der Waals surface area contributed by atoms with Gasteiger partial charge in [0.05, 0.1) is 17.5 Å². The van der Waals surface area contributed by atoms with Gasteiger partial charge in [-0.2, -0.15) is 13.2 Å². The standard InChI is InChI=1S/C20H20F3N3O2/c1-13-17-6-3-7-24(17)8-9-25(13)19(28)14-10-18(27)26(12-14)16-5-2-4-15(11-16)20(21,22)23/h2-7,11,13-14H,8-10,12H2,1H3. The number of hydrogen-bond donors (Lipinski definition) is 0. The topological polar surface area (TPSA) is 45.6 Å². The minimum Gasteiger partial charge on any atom is -0.348 e. The van der Waals surface area contributed by atoms with Gasteiger partial charge in [-0.05, 0) is 37.3 Å². The third-order valence-electron chi connectivity index (χ3n) is 5.58. The number of alkyl halides is 3. The minimum atomic E-state index is -4.48. The number of hydrogen-bond acceptors (Lipinski definition) is 2. The van der Waals surface area contributed by atoms with E-state index in [1.807, 2.05) is 25.3 Å². The van der Waals surface area contributed by atoms with Crippen molar-refractivity contribution in [1.29, 1.82) is 0 Å². The fraction of sp³-hybridized carbons (Fsp3) is 0.400. The molecule has 1 fully saturated rings. The molecule has 8 heteroatoms. The van der Waals surface area contributed by atoms with E-state index in [9.17, 15) is 22.8 Å². The van der Waals surface area contributed by atoms with Crippen LogP contribution in [-0.2, 0) is 22.3 Å². The number of carbonyl (C=O) groups is 2. The fourth-order valence-corrected chi connectivity index (χ4v) is 4.09. The molecule has 0 N–H and O–H groups in total. The van der Waals surface area contributed by atoms with Crippen molar-refractivity contribution in [3.8, 4) is 0 Å². The van der Waals surface area contributed by atoms with Crippen molar-refractivity contribution in [3.63, 3.8) is 0 Å². The normalized spacial score (nSPS) is 22.5. The summed E-state index contributed by atoms with van der Waals surface area (Å²) in [7, 11) is 0. The quantitative estimate of drug-likeness (QED) is 0.787. The van der Waals surface area contributed by atoms with E-state index < -0.39 is 17.7 Å². The Bertz CT molecular complexity index is 921. The second-order valence-electron chi connectivity index (χ2n) is 7.29. The molecule has 2 unspecified atom stereocenters. The lowest BCUT2D eigenvalue weighted by Crippen LogP contribution is -2.44. The first kappa shape index (κ1) is 18.6. The Morgan fingerprint density at radius 2 is 1.93 bits per heavy atom. The Morgan fingerprint density at radius 3 is 2.68 bits per heavy atom. The fourth-order valence-electron chi connectivity index (χ4n) is 4.09. The number of benzene rings is 1. The molecule has 2 amide bonds. The van der Waals surface area contributed by atoms with Crippen molar-refractivity contribution in [2.24, 2.45) is 5.92 Å². The summed E-state index contributed by atoms with van der Waals surface area (Å²) in [5, 5.41) is 0. The highest BCUT2D eigenvalue weighted by atomic mass is 19.4. The summed E-state index contributed by atoms with van der Waals surface area (Å²) in [6, 6.07) is 8.48. The first-order chi connectivity index (χ1) is 13.3. The number of carbonyl (C=O) groups excluding carboxylic acids is 2. The van der Waals surface area contributed by atoms with Crippen LogP contribution in [-0.4, -0.2) is 34.4 Å². The van der Waals surface area contributed by atoms with Crippen LogP contribution in [0.3, 0.4) is 0 Å². The number of anilines is 1. The zero-order valence-electron chi connectivity index (χ0n) is 15.3. The molecule has 3 heterocycles. The molecule has 28 heavy (non-hydrogen) atoms. The second kappa shape index (κ2) is 6.68. The van der Waals surface area contributed by atoms with E-state index in [2.05, 4.69) is 4.57 Å². The first-order valence-corrected chi connectivity index (χ1v) is 9.19. The Hall–Kier alpha value is -2.77. The molecule has 2 aliphatic rings. The van der Waals surface area contributed by atoms with Crippen molar-refractivity contribution in [1.82, 2.24) is 9.47 Å². The van der Waals surface area contributed by atoms with Crippen molar-refractivity contribution in [3.05, 3.63) is 53.9 Å². The maximum Gasteiger partial charge on any atom is 0.416 e. The molecule has 1 aromatic carbocycles. The van der Waals surface area contributed by atoms with Crippen molar-refractivity contribution < 1.29 is 22.8 Å². The predicted molar refractivity (Wildman–Crippen MR) is 96.5 cm³/mol. The second-order valence-corrected chi connectivity index (χ2v) is 7.29. The van der Waals surface area contributed by atoms with E-state index in [-0.39, 0.29) is 36.5 Å². The Kier molecular flexibility index (Phi) is 4.44. The average Bonchev–Trinajstić information content (AvgIpc) is 3.28. The van der Waals surface area contributed by atoms with E-state index in [1.165, 1.54) is 17.0 Å². The Balaban J connectivity index is 1.52. The summed E-state index contributed by atoms with van der Waals surface area (Å²) < 4.78 is 41.0. The van der Waals surface area contributed by atoms with Crippen molar-refractivity contribution >= 4 is 17.5 Å². The lowest BCUT2D eigenvalue weighted by molar-refractivity contribution is -0.139. The molecule has 2 atom stereocenters. The number of nitrogens with zero attached hydrogens (tertiary/aromatic N) is 3. The van der Waals surface area contributed by atoms with E-state index in [4.69, 9.17) is 0 Å². The summed E-state index contributed by atoms with van der Waals surface area (Å²) in [5.74, 6) is -1.00. The molecular formula is C20H20F3N3O2. The van der Waals surface area contributed by atoms with Crippen LogP contribution in [0.1, 0.15) is 30.6 Å². The van der Waals surface area contributed by atoms with Crippen LogP contribution in [0.2, 0.25) is 0 Å². The average molecular weight is 391 g/mol. The molecule has 0 saturated carbocycles. The third kappa shape index (κ3) is 3.16. The molecule has 0 aliphatic carbocycles. The number of amides is 2. The van der Waals surface area contributed by atoms with E-state index in [1.54, 1.807) is 4.90 Å².